The molecule has 0 radical (unpaired) electrons. The highest BCUT2D eigenvalue weighted by Gasteiger charge is 2.30. The fourth-order valence-electron chi connectivity index (χ4n) is 5.69. The number of fused-ring (bicyclic) bond motifs is 1. The van der Waals surface area contributed by atoms with E-state index in [1.165, 1.54) is 0 Å². The van der Waals surface area contributed by atoms with Crippen molar-refractivity contribution in [2.45, 2.75) is 76.9 Å². The van der Waals surface area contributed by atoms with Gasteiger partial charge in [0.05, 0.1) is 6.26 Å². The largest absolute Gasteiger partial charge is 0.451 e. The van der Waals surface area contributed by atoms with Crippen LogP contribution in [0.15, 0.2) is 57.4 Å². The molecule has 1 aliphatic rings. The van der Waals surface area contributed by atoms with Gasteiger partial charge in [-0.15, -0.1) is 0 Å². The Hall–Kier alpha value is -3.75. The van der Waals surface area contributed by atoms with Crippen molar-refractivity contribution in [1.29, 1.82) is 0 Å². The number of carbonyl (C=O) groups excluding carboxylic acids is 4. The number of sulfonamides is 1. The number of benzene rings is 2. The smallest absolute Gasteiger partial charge is 0.287 e. The van der Waals surface area contributed by atoms with Gasteiger partial charge < -0.3 is 25.3 Å². The molecule has 2 aromatic carbocycles. The Morgan fingerprint density at radius 3 is 2.35 bits per heavy atom. The van der Waals surface area contributed by atoms with Crippen LogP contribution in [0.2, 0.25) is 0 Å². The molecule has 1 fully saturated rings. The number of hydrogen-bond acceptors (Lipinski definition) is 7. The number of piperidine rings is 1. The van der Waals surface area contributed by atoms with Gasteiger partial charge in [0.2, 0.25) is 27.7 Å². The number of nitrogens with one attached hydrogen (secondary N) is 4. The van der Waals surface area contributed by atoms with Crippen molar-refractivity contribution < 1.29 is 32.0 Å². The third-order valence-corrected chi connectivity index (χ3v) is 9.50. The summed E-state index contributed by atoms with van der Waals surface area (Å²) in [5.74, 6) is -1.60. The summed E-state index contributed by atoms with van der Waals surface area (Å²) in [5, 5.41) is 9.10. The zero-order chi connectivity index (χ0) is 34.8. The molecule has 14 heteroatoms. The van der Waals surface area contributed by atoms with E-state index in [4.69, 9.17) is 4.42 Å². The minimum Gasteiger partial charge on any atom is -0.451 e. The normalized spacial score (nSPS) is 15.4. The van der Waals surface area contributed by atoms with Crippen LogP contribution in [-0.4, -0.2) is 81.0 Å². The highest BCUT2D eigenvalue weighted by molar-refractivity contribution is 9.10. The van der Waals surface area contributed by atoms with Gasteiger partial charge >= 0.3 is 0 Å². The standard InChI is InChI=1S/C34H44BrN5O7S/c1-22-11-5-6-12-24(22)19-28(32(42)37-23(2)34(44)40-17-9-4-10-18-40)38-31(41)27(39-48(3,45)46)13-7-8-16-36-33(43)30-20-25-14-15-26(35)21-29(25)47-30/h5-6,11-12,14-15,20-21,23,27-28,39H,4,7-10,13,16-19H2,1-3H3,(H,36,43)(H,37,42)(H,38,41)/t23-,27-,28-/m0/s1. The van der Waals surface area contributed by atoms with Crippen LogP contribution in [0.5, 0.6) is 0 Å². The molecule has 0 unspecified atom stereocenters. The maximum absolute atomic E-state index is 13.6. The van der Waals surface area contributed by atoms with E-state index in [0.29, 0.717) is 31.5 Å². The maximum Gasteiger partial charge on any atom is 0.287 e. The summed E-state index contributed by atoms with van der Waals surface area (Å²) in [6.07, 6.45) is 4.97. The summed E-state index contributed by atoms with van der Waals surface area (Å²) in [5.41, 5.74) is 2.33. The van der Waals surface area contributed by atoms with Gasteiger partial charge in [0.25, 0.3) is 5.91 Å². The van der Waals surface area contributed by atoms with Crippen LogP contribution in [0.3, 0.4) is 0 Å². The number of hydrogen-bond donors (Lipinski definition) is 4. The Kier molecular flexibility index (Phi) is 13.2. The molecule has 0 bridgehead atoms. The number of rotatable bonds is 15. The Morgan fingerprint density at radius 2 is 1.65 bits per heavy atom. The van der Waals surface area contributed by atoms with Crippen LogP contribution in [-0.2, 0) is 30.8 Å². The first-order chi connectivity index (χ1) is 22.8. The van der Waals surface area contributed by atoms with E-state index in [1.807, 2.05) is 43.3 Å². The molecule has 4 rings (SSSR count). The summed E-state index contributed by atoms with van der Waals surface area (Å²) in [7, 11) is -3.79. The SMILES string of the molecule is Cc1ccccc1C[C@H](NC(=O)[C@H](CCCCNC(=O)c1cc2ccc(Br)cc2o1)NS(C)(=O)=O)C(=O)N[C@@H](C)C(=O)N1CCCCC1. The monoisotopic (exact) mass is 745 g/mol. The van der Waals surface area contributed by atoms with E-state index in [-0.39, 0.29) is 37.0 Å². The average Bonchev–Trinajstić information content (AvgIpc) is 3.47. The minimum absolute atomic E-state index is 0.121. The van der Waals surface area contributed by atoms with Gasteiger partial charge in [-0.2, -0.15) is 0 Å². The number of aryl methyl sites for hydroxylation is 1. The lowest BCUT2D eigenvalue weighted by molar-refractivity contribution is -0.137. The number of amides is 4. The van der Waals surface area contributed by atoms with Crippen LogP contribution in [0, 0.1) is 6.92 Å². The Morgan fingerprint density at radius 1 is 0.938 bits per heavy atom. The van der Waals surface area contributed by atoms with Crippen molar-refractivity contribution in [2.24, 2.45) is 0 Å². The summed E-state index contributed by atoms with van der Waals surface area (Å²) in [6, 6.07) is 11.6. The molecule has 12 nitrogen and oxygen atoms in total. The van der Waals surface area contributed by atoms with E-state index >= 15 is 0 Å². The molecular weight excluding hydrogens is 702 g/mol. The lowest BCUT2D eigenvalue weighted by Crippen LogP contribution is -2.57. The number of furan rings is 1. The van der Waals surface area contributed by atoms with Crippen molar-refractivity contribution in [3.05, 3.63) is 69.9 Å². The quantitative estimate of drug-likeness (QED) is 0.173. The van der Waals surface area contributed by atoms with Crippen molar-refractivity contribution in [3.63, 3.8) is 0 Å². The fraction of sp³-hybridized carbons (Fsp3) is 0.471. The van der Waals surface area contributed by atoms with Crippen molar-refractivity contribution in [3.8, 4) is 0 Å². The van der Waals surface area contributed by atoms with Crippen LogP contribution in [0.1, 0.15) is 67.1 Å². The molecule has 0 saturated carbocycles. The second-order valence-corrected chi connectivity index (χ2v) is 15.0. The number of carbonyl (C=O) groups is 4. The lowest BCUT2D eigenvalue weighted by atomic mass is 9.99. The summed E-state index contributed by atoms with van der Waals surface area (Å²) in [4.78, 5) is 54.5. The lowest BCUT2D eigenvalue weighted by Gasteiger charge is -2.30. The predicted molar refractivity (Wildman–Crippen MR) is 187 cm³/mol. The molecule has 3 atom stereocenters. The first-order valence-corrected chi connectivity index (χ1v) is 18.9. The highest BCUT2D eigenvalue weighted by atomic mass is 79.9. The molecule has 3 aromatic rings. The number of unbranched alkanes of at least 4 members (excludes halogenated alkanes) is 1. The van der Waals surface area contributed by atoms with Gasteiger partial charge in [-0.1, -0.05) is 40.2 Å². The van der Waals surface area contributed by atoms with E-state index < -0.39 is 40.0 Å². The molecular formula is C34H44BrN5O7S. The van der Waals surface area contributed by atoms with Gasteiger partial charge in [0.15, 0.2) is 5.76 Å². The highest BCUT2D eigenvalue weighted by Crippen LogP contribution is 2.23. The van der Waals surface area contributed by atoms with E-state index in [2.05, 4.69) is 36.6 Å². The van der Waals surface area contributed by atoms with Crippen molar-refractivity contribution >= 4 is 60.6 Å². The van der Waals surface area contributed by atoms with Gasteiger partial charge in [0, 0.05) is 35.9 Å². The van der Waals surface area contributed by atoms with Gasteiger partial charge in [-0.3, -0.25) is 19.2 Å². The average molecular weight is 747 g/mol. The Bertz CT molecular complexity index is 1720. The second kappa shape index (κ2) is 17.1. The van der Waals surface area contributed by atoms with E-state index in [9.17, 15) is 27.6 Å². The van der Waals surface area contributed by atoms with Gasteiger partial charge in [-0.25, -0.2) is 13.1 Å². The van der Waals surface area contributed by atoms with Crippen LogP contribution < -0.4 is 20.7 Å². The Balaban J connectivity index is 1.38. The second-order valence-electron chi connectivity index (χ2n) is 12.3. The van der Waals surface area contributed by atoms with Crippen LogP contribution in [0.4, 0.5) is 0 Å². The molecule has 0 aliphatic carbocycles. The molecule has 48 heavy (non-hydrogen) atoms. The fourth-order valence-corrected chi connectivity index (χ4v) is 6.77. The summed E-state index contributed by atoms with van der Waals surface area (Å²) in [6.45, 7) is 5.08. The molecule has 4 amide bonds. The summed E-state index contributed by atoms with van der Waals surface area (Å²) >= 11 is 3.38. The molecule has 0 spiro atoms. The van der Waals surface area contributed by atoms with Crippen molar-refractivity contribution in [1.82, 2.24) is 25.6 Å². The summed E-state index contributed by atoms with van der Waals surface area (Å²) < 4.78 is 33.3. The third kappa shape index (κ3) is 10.9. The van der Waals surface area contributed by atoms with E-state index in [1.54, 1.807) is 24.0 Å². The zero-order valence-corrected chi connectivity index (χ0v) is 29.9. The third-order valence-electron chi connectivity index (χ3n) is 8.30. The molecule has 2 heterocycles. The number of likely N-dealkylation sites (tertiary alicyclic amines) is 1. The zero-order valence-electron chi connectivity index (χ0n) is 27.5. The minimum atomic E-state index is -3.79. The first-order valence-electron chi connectivity index (χ1n) is 16.2. The van der Waals surface area contributed by atoms with E-state index in [0.717, 1.165) is 46.5 Å². The number of halogens is 1. The first kappa shape index (κ1) is 37.1. The van der Waals surface area contributed by atoms with Gasteiger partial charge in [-0.05, 0) is 87.8 Å². The van der Waals surface area contributed by atoms with Crippen molar-refractivity contribution in [2.75, 3.05) is 25.9 Å². The van der Waals surface area contributed by atoms with Gasteiger partial charge in [0.1, 0.15) is 23.7 Å². The molecule has 1 saturated heterocycles. The number of nitrogens with zero attached hydrogens (tertiary/aromatic N) is 1. The van der Waals surface area contributed by atoms with Crippen LogP contribution in [0.25, 0.3) is 11.0 Å². The predicted octanol–water partition coefficient (Wildman–Crippen LogP) is 3.57. The molecule has 4 N–H and O–H groups in total. The molecule has 1 aromatic heterocycles. The maximum atomic E-state index is 13.6. The topological polar surface area (TPSA) is 167 Å². The molecule has 260 valence electrons. The van der Waals surface area contributed by atoms with Crippen LogP contribution >= 0.6 is 15.9 Å². The Labute approximate surface area is 289 Å². The molecule has 1 aliphatic heterocycles.